The van der Waals surface area contributed by atoms with Crippen LogP contribution in [0.2, 0.25) is 0 Å². The van der Waals surface area contributed by atoms with Crippen LogP contribution in [0.1, 0.15) is 28.5 Å². The largest absolute Gasteiger partial charge is 0.461 e. The maximum absolute atomic E-state index is 11.7. The first-order chi connectivity index (χ1) is 8.63. The van der Waals surface area contributed by atoms with E-state index in [1.54, 1.807) is 6.92 Å². The molecule has 0 spiro atoms. The summed E-state index contributed by atoms with van der Waals surface area (Å²) in [6, 6.07) is 5.90. The highest BCUT2D eigenvalue weighted by atomic mass is 16.5. The second kappa shape index (κ2) is 5.00. The molecule has 2 aromatic rings. The van der Waals surface area contributed by atoms with E-state index < -0.39 is 5.97 Å². The number of carbonyl (C=O) groups is 1. The zero-order valence-electron chi connectivity index (χ0n) is 10.7. The Balaban J connectivity index is 2.42. The highest BCUT2D eigenvalue weighted by Gasteiger charge is 2.19. The molecule has 0 aliphatic rings. The van der Waals surface area contributed by atoms with Crippen LogP contribution in [0.15, 0.2) is 18.2 Å². The van der Waals surface area contributed by atoms with Gasteiger partial charge in [-0.15, -0.1) is 5.10 Å². The van der Waals surface area contributed by atoms with Gasteiger partial charge in [-0.25, -0.2) is 4.79 Å². The van der Waals surface area contributed by atoms with Crippen molar-refractivity contribution in [1.29, 1.82) is 0 Å². The number of rotatable bonds is 3. The Bertz CT molecular complexity index is 575. The zero-order valence-corrected chi connectivity index (χ0v) is 10.7. The number of H-pyrrole nitrogens is 1. The van der Waals surface area contributed by atoms with Gasteiger partial charge in [0.2, 0.25) is 0 Å². The normalized spacial score (nSPS) is 10.4. The Hall–Kier alpha value is -2.17. The van der Waals surface area contributed by atoms with Gasteiger partial charge in [-0.3, -0.25) is 0 Å². The first-order valence-corrected chi connectivity index (χ1v) is 5.79. The van der Waals surface area contributed by atoms with Gasteiger partial charge < -0.3 is 4.74 Å². The highest BCUT2D eigenvalue weighted by molar-refractivity contribution is 5.93. The fourth-order valence-corrected chi connectivity index (χ4v) is 1.66. The Morgan fingerprint density at radius 2 is 2.06 bits per heavy atom. The molecule has 0 radical (unpaired) electrons. The molecule has 0 bridgehead atoms. The molecular weight excluding hydrogens is 230 g/mol. The molecule has 0 aliphatic heterocycles. The Kier molecular flexibility index (Phi) is 3.41. The minimum atomic E-state index is -0.459. The summed E-state index contributed by atoms with van der Waals surface area (Å²) in [6.07, 6.45) is 0. The Morgan fingerprint density at radius 3 is 2.72 bits per heavy atom. The molecule has 18 heavy (non-hydrogen) atoms. The number of benzene rings is 1. The predicted octanol–water partition coefficient (Wildman–Crippen LogP) is 2.27. The molecule has 1 N–H and O–H groups in total. The molecule has 0 fully saturated rings. The topological polar surface area (TPSA) is 67.9 Å². The minimum Gasteiger partial charge on any atom is -0.461 e. The number of aromatic amines is 1. The van der Waals surface area contributed by atoms with Gasteiger partial charge >= 0.3 is 5.97 Å². The van der Waals surface area contributed by atoms with Gasteiger partial charge in [-0.1, -0.05) is 12.1 Å². The lowest BCUT2D eigenvalue weighted by atomic mass is 10.0. The molecule has 1 aromatic carbocycles. The second-order valence-electron chi connectivity index (χ2n) is 4.04. The number of aryl methyl sites for hydroxylation is 2. The van der Waals surface area contributed by atoms with E-state index in [-0.39, 0.29) is 5.69 Å². The Morgan fingerprint density at radius 1 is 1.28 bits per heavy atom. The summed E-state index contributed by atoms with van der Waals surface area (Å²) in [4.78, 5) is 11.7. The SMILES string of the molecule is CCOC(=O)c1n[nH]nc1-c1ccc(C)c(C)c1. The van der Waals surface area contributed by atoms with Crippen molar-refractivity contribution in [3.05, 3.63) is 35.0 Å². The van der Waals surface area contributed by atoms with Crippen LogP contribution < -0.4 is 0 Å². The number of hydrogen-bond donors (Lipinski definition) is 1. The number of nitrogens with zero attached hydrogens (tertiary/aromatic N) is 2. The predicted molar refractivity (Wildman–Crippen MR) is 67.2 cm³/mol. The second-order valence-corrected chi connectivity index (χ2v) is 4.04. The van der Waals surface area contributed by atoms with E-state index >= 15 is 0 Å². The molecule has 0 saturated carbocycles. The zero-order chi connectivity index (χ0) is 13.1. The molecular formula is C13H15N3O2. The summed E-state index contributed by atoms with van der Waals surface area (Å²) in [5, 5.41) is 10.3. The van der Waals surface area contributed by atoms with Crippen LogP contribution in [-0.4, -0.2) is 28.0 Å². The average Bonchev–Trinajstić information content (AvgIpc) is 2.82. The number of aromatic nitrogens is 3. The standard InChI is InChI=1S/C13H15N3O2/c1-4-18-13(17)12-11(14-16-15-12)10-6-5-8(2)9(3)7-10/h5-7H,4H2,1-3H3,(H,14,15,16). The third-order valence-electron chi connectivity index (χ3n) is 2.80. The maximum Gasteiger partial charge on any atom is 0.361 e. The summed E-state index contributed by atoms with van der Waals surface area (Å²) in [5.41, 5.74) is 3.94. The summed E-state index contributed by atoms with van der Waals surface area (Å²) in [7, 11) is 0. The third kappa shape index (κ3) is 2.25. The van der Waals surface area contributed by atoms with Crippen LogP contribution in [0.4, 0.5) is 0 Å². The van der Waals surface area contributed by atoms with Crippen LogP contribution in [0.5, 0.6) is 0 Å². The van der Waals surface area contributed by atoms with Crippen LogP contribution in [-0.2, 0) is 4.74 Å². The van der Waals surface area contributed by atoms with Crippen molar-refractivity contribution >= 4 is 5.97 Å². The van der Waals surface area contributed by atoms with Gasteiger partial charge in [0.05, 0.1) is 6.61 Å². The van der Waals surface area contributed by atoms with Crippen molar-refractivity contribution in [3.8, 4) is 11.3 Å². The summed E-state index contributed by atoms with van der Waals surface area (Å²) >= 11 is 0. The molecule has 0 unspecified atom stereocenters. The molecule has 1 heterocycles. The van der Waals surface area contributed by atoms with E-state index in [1.807, 2.05) is 32.0 Å². The Labute approximate surface area is 105 Å². The van der Waals surface area contributed by atoms with Crippen molar-refractivity contribution < 1.29 is 9.53 Å². The van der Waals surface area contributed by atoms with E-state index in [1.165, 1.54) is 5.56 Å². The summed E-state index contributed by atoms with van der Waals surface area (Å²) in [6.45, 7) is 6.13. The number of nitrogens with one attached hydrogen (secondary N) is 1. The number of esters is 1. The molecule has 0 atom stereocenters. The molecule has 5 nitrogen and oxygen atoms in total. The van der Waals surface area contributed by atoms with Crippen LogP contribution in [0.3, 0.4) is 0 Å². The van der Waals surface area contributed by atoms with Crippen molar-refractivity contribution in [3.63, 3.8) is 0 Å². The molecule has 1 aromatic heterocycles. The molecule has 94 valence electrons. The monoisotopic (exact) mass is 245 g/mol. The minimum absolute atomic E-state index is 0.222. The quantitative estimate of drug-likeness (QED) is 0.842. The van der Waals surface area contributed by atoms with E-state index in [9.17, 15) is 4.79 Å². The van der Waals surface area contributed by atoms with Gasteiger partial charge in [0.1, 0.15) is 5.69 Å². The fraction of sp³-hybridized carbons (Fsp3) is 0.308. The maximum atomic E-state index is 11.7. The van der Waals surface area contributed by atoms with Gasteiger partial charge in [0.25, 0.3) is 0 Å². The fourth-order valence-electron chi connectivity index (χ4n) is 1.66. The molecule has 0 aliphatic carbocycles. The van der Waals surface area contributed by atoms with Gasteiger partial charge in [0.15, 0.2) is 5.69 Å². The molecule has 0 amide bonds. The summed E-state index contributed by atoms with van der Waals surface area (Å²) < 4.78 is 4.94. The highest BCUT2D eigenvalue weighted by Crippen LogP contribution is 2.22. The number of carbonyl (C=O) groups excluding carboxylic acids is 1. The molecule has 5 heteroatoms. The van der Waals surface area contributed by atoms with Crippen molar-refractivity contribution in [2.24, 2.45) is 0 Å². The lowest BCUT2D eigenvalue weighted by Gasteiger charge is -2.04. The lowest BCUT2D eigenvalue weighted by Crippen LogP contribution is -2.06. The van der Waals surface area contributed by atoms with Crippen LogP contribution >= 0.6 is 0 Å². The summed E-state index contributed by atoms with van der Waals surface area (Å²) in [5.74, 6) is -0.459. The van der Waals surface area contributed by atoms with Gasteiger partial charge in [0, 0.05) is 5.56 Å². The molecule has 2 rings (SSSR count). The van der Waals surface area contributed by atoms with E-state index in [2.05, 4.69) is 15.4 Å². The van der Waals surface area contributed by atoms with Crippen molar-refractivity contribution in [1.82, 2.24) is 15.4 Å². The first kappa shape index (κ1) is 12.3. The van der Waals surface area contributed by atoms with Crippen molar-refractivity contribution in [2.75, 3.05) is 6.61 Å². The van der Waals surface area contributed by atoms with Gasteiger partial charge in [-0.2, -0.15) is 10.3 Å². The number of ether oxygens (including phenoxy) is 1. The van der Waals surface area contributed by atoms with Crippen LogP contribution in [0.25, 0.3) is 11.3 Å². The van der Waals surface area contributed by atoms with Crippen molar-refractivity contribution in [2.45, 2.75) is 20.8 Å². The first-order valence-electron chi connectivity index (χ1n) is 5.79. The lowest BCUT2D eigenvalue weighted by molar-refractivity contribution is 0.0520. The van der Waals surface area contributed by atoms with Gasteiger partial charge in [-0.05, 0) is 38.0 Å². The molecule has 0 saturated heterocycles. The number of hydrogen-bond acceptors (Lipinski definition) is 4. The van der Waals surface area contributed by atoms with E-state index in [0.717, 1.165) is 11.1 Å². The van der Waals surface area contributed by atoms with E-state index in [4.69, 9.17) is 4.74 Å². The van der Waals surface area contributed by atoms with Crippen LogP contribution in [0, 0.1) is 13.8 Å². The average molecular weight is 245 g/mol. The third-order valence-corrected chi connectivity index (χ3v) is 2.80. The smallest absolute Gasteiger partial charge is 0.361 e. The van der Waals surface area contributed by atoms with E-state index in [0.29, 0.717) is 12.3 Å².